The van der Waals surface area contributed by atoms with Crippen molar-refractivity contribution < 1.29 is 42.2 Å². The van der Waals surface area contributed by atoms with Crippen LogP contribution in [0.25, 0.3) is 0 Å². The fourth-order valence-electron chi connectivity index (χ4n) is 6.46. The monoisotopic (exact) mass is 634 g/mol. The first-order valence-corrected chi connectivity index (χ1v) is 15.4. The number of halogens is 2. The molecule has 1 saturated carbocycles. The van der Waals surface area contributed by atoms with Gasteiger partial charge in [-0.1, -0.05) is 27.7 Å². The number of hydrogen-bond donors (Lipinski definition) is 3. The Hall–Kier alpha value is -3.77. The van der Waals surface area contributed by atoms with Crippen LogP contribution in [0.4, 0.5) is 13.6 Å². The van der Waals surface area contributed by atoms with Gasteiger partial charge >= 0.3 is 6.09 Å². The maximum atomic E-state index is 14.1. The normalized spacial score (nSPS) is 24.8. The highest BCUT2D eigenvalue weighted by atomic mass is 19.1. The number of amides is 4. The summed E-state index contributed by atoms with van der Waals surface area (Å²) in [5, 5.41) is 8.15. The number of likely N-dealkylation sites (tertiary alicyclic amines) is 1. The van der Waals surface area contributed by atoms with Crippen molar-refractivity contribution in [1.29, 1.82) is 0 Å². The molecule has 45 heavy (non-hydrogen) atoms. The van der Waals surface area contributed by atoms with Crippen LogP contribution >= 0.6 is 0 Å². The van der Waals surface area contributed by atoms with Crippen LogP contribution < -0.4 is 20.7 Å². The quantitative estimate of drug-likeness (QED) is 0.340. The van der Waals surface area contributed by atoms with Gasteiger partial charge in [0.15, 0.2) is 17.3 Å². The van der Waals surface area contributed by atoms with E-state index in [9.17, 15) is 32.8 Å². The first-order valence-electron chi connectivity index (χ1n) is 15.4. The van der Waals surface area contributed by atoms with E-state index in [1.807, 2.05) is 13.8 Å². The highest BCUT2D eigenvalue weighted by Gasteiger charge is 2.69. The van der Waals surface area contributed by atoms with Crippen LogP contribution in [-0.2, 0) is 23.9 Å². The SMILES string of the molecule is CC(C)[C@H](NC(=O)OC(C)(C)C)C(=O)N1C[C@H]2[C@@H]([C@H]1C(=O)N[C@@H](CC1CCNC1=O)C(=O)COc1ccc(F)cc1F)C2(C)C. The summed E-state index contributed by atoms with van der Waals surface area (Å²) in [5.74, 6) is -5.00. The lowest BCUT2D eigenvalue weighted by Gasteiger charge is -2.35. The number of alkyl carbamates (subject to hydrolysis) is 1. The predicted octanol–water partition coefficient (Wildman–Crippen LogP) is 2.96. The largest absolute Gasteiger partial charge is 0.483 e. The zero-order valence-electron chi connectivity index (χ0n) is 26.9. The molecule has 1 aromatic carbocycles. The molecule has 11 nitrogen and oxygen atoms in total. The molecule has 13 heteroatoms. The van der Waals surface area contributed by atoms with Crippen molar-refractivity contribution in [2.45, 2.75) is 85.0 Å². The Balaban J connectivity index is 1.53. The molecule has 1 aromatic rings. The summed E-state index contributed by atoms with van der Waals surface area (Å²) in [6.07, 6.45) is -0.304. The number of piperidine rings is 1. The molecule has 2 heterocycles. The smallest absolute Gasteiger partial charge is 0.408 e. The number of ketones is 1. The Labute approximate surface area is 262 Å². The number of benzene rings is 1. The Bertz CT molecular complexity index is 1350. The first-order chi connectivity index (χ1) is 20.9. The third kappa shape index (κ3) is 7.73. The van der Waals surface area contributed by atoms with Crippen molar-refractivity contribution in [3.05, 3.63) is 29.8 Å². The van der Waals surface area contributed by atoms with Gasteiger partial charge in [0.2, 0.25) is 17.7 Å². The van der Waals surface area contributed by atoms with Gasteiger partial charge in [0.1, 0.15) is 30.1 Å². The number of nitrogens with one attached hydrogen (secondary N) is 3. The van der Waals surface area contributed by atoms with Gasteiger partial charge < -0.3 is 30.3 Å². The van der Waals surface area contributed by atoms with E-state index in [1.54, 1.807) is 34.6 Å². The third-order valence-electron chi connectivity index (χ3n) is 9.02. The van der Waals surface area contributed by atoms with Gasteiger partial charge in [0.05, 0.1) is 6.04 Å². The molecule has 4 amide bonds. The minimum atomic E-state index is -1.17. The van der Waals surface area contributed by atoms with E-state index in [0.717, 1.165) is 12.1 Å². The van der Waals surface area contributed by atoms with Gasteiger partial charge in [-0.3, -0.25) is 19.2 Å². The second-order valence-corrected chi connectivity index (χ2v) is 14.2. The van der Waals surface area contributed by atoms with Crippen molar-refractivity contribution in [2.24, 2.45) is 29.1 Å². The van der Waals surface area contributed by atoms with Gasteiger partial charge in [-0.15, -0.1) is 0 Å². The number of rotatable bonds is 11. The Morgan fingerprint density at radius 2 is 1.82 bits per heavy atom. The molecule has 3 aliphatic rings. The lowest BCUT2D eigenvalue weighted by Crippen LogP contribution is -2.59. The Morgan fingerprint density at radius 3 is 2.40 bits per heavy atom. The van der Waals surface area contributed by atoms with Gasteiger partial charge in [0.25, 0.3) is 0 Å². The molecule has 0 spiro atoms. The maximum Gasteiger partial charge on any atom is 0.408 e. The first kappa shape index (κ1) is 34.1. The van der Waals surface area contributed by atoms with Crippen LogP contribution in [0.15, 0.2) is 18.2 Å². The molecule has 0 radical (unpaired) electrons. The van der Waals surface area contributed by atoms with Gasteiger partial charge in [0, 0.05) is 25.1 Å². The highest BCUT2D eigenvalue weighted by molar-refractivity contribution is 5.96. The molecule has 6 atom stereocenters. The predicted molar refractivity (Wildman–Crippen MR) is 159 cm³/mol. The number of carbonyl (C=O) groups is 5. The fourth-order valence-corrected chi connectivity index (χ4v) is 6.46. The molecule has 3 fully saturated rings. The summed E-state index contributed by atoms with van der Waals surface area (Å²) in [6, 6.07) is -0.384. The number of nitrogens with zero attached hydrogens (tertiary/aromatic N) is 1. The number of carbonyl (C=O) groups excluding carboxylic acids is 5. The number of ether oxygens (including phenoxy) is 2. The summed E-state index contributed by atoms with van der Waals surface area (Å²) in [6.45, 7) is 12.8. The van der Waals surface area contributed by atoms with Crippen LogP contribution in [-0.4, -0.2) is 77.9 Å². The molecule has 2 aliphatic heterocycles. The van der Waals surface area contributed by atoms with Gasteiger partial charge in [-0.2, -0.15) is 0 Å². The van der Waals surface area contributed by atoms with Crippen LogP contribution in [0.5, 0.6) is 5.75 Å². The summed E-state index contributed by atoms with van der Waals surface area (Å²) in [4.78, 5) is 67.8. The number of fused-ring (bicyclic) bond motifs is 1. The minimum Gasteiger partial charge on any atom is -0.483 e. The molecule has 4 rings (SSSR count). The maximum absolute atomic E-state index is 14.1. The molecule has 0 aromatic heterocycles. The number of hydrogen-bond acceptors (Lipinski definition) is 7. The van der Waals surface area contributed by atoms with Crippen LogP contribution in [0, 0.1) is 40.7 Å². The summed E-state index contributed by atoms with van der Waals surface area (Å²) in [5.41, 5.74) is -1.01. The molecule has 3 N–H and O–H groups in total. The van der Waals surface area contributed by atoms with E-state index in [-0.39, 0.29) is 41.2 Å². The minimum absolute atomic E-state index is 0.0152. The average Bonchev–Trinajstić information content (AvgIpc) is 3.26. The summed E-state index contributed by atoms with van der Waals surface area (Å²) >= 11 is 0. The molecule has 248 valence electrons. The molecular weight excluding hydrogens is 590 g/mol. The van der Waals surface area contributed by atoms with Crippen molar-refractivity contribution in [2.75, 3.05) is 19.7 Å². The second-order valence-electron chi connectivity index (χ2n) is 14.2. The van der Waals surface area contributed by atoms with Crippen molar-refractivity contribution in [3.8, 4) is 5.75 Å². The van der Waals surface area contributed by atoms with Crippen LogP contribution in [0.3, 0.4) is 0 Å². The van der Waals surface area contributed by atoms with E-state index < -0.39 is 71.6 Å². The molecule has 0 bridgehead atoms. The third-order valence-corrected chi connectivity index (χ3v) is 9.02. The highest BCUT2D eigenvalue weighted by Crippen LogP contribution is 2.65. The van der Waals surface area contributed by atoms with Crippen LogP contribution in [0.1, 0.15) is 61.3 Å². The Kier molecular flexibility index (Phi) is 9.79. The summed E-state index contributed by atoms with van der Waals surface area (Å²) in [7, 11) is 0. The van der Waals surface area contributed by atoms with Crippen LogP contribution in [0.2, 0.25) is 0 Å². The van der Waals surface area contributed by atoms with E-state index in [1.165, 1.54) is 4.90 Å². The van der Waals surface area contributed by atoms with Crippen molar-refractivity contribution >= 4 is 29.6 Å². The lowest BCUT2D eigenvalue weighted by atomic mass is 9.94. The van der Waals surface area contributed by atoms with E-state index >= 15 is 0 Å². The molecule has 1 aliphatic carbocycles. The second kappa shape index (κ2) is 12.9. The van der Waals surface area contributed by atoms with E-state index in [4.69, 9.17) is 9.47 Å². The van der Waals surface area contributed by atoms with E-state index in [0.29, 0.717) is 25.6 Å². The van der Waals surface area contributed by atoms with Gasteiger partial charge in [-0.05, 0) is 68.9 Å². The molecule has 2 saturated heterocycles. The topological polar surface area (TPSA) is 143 Å². The lowest BCUT2D eigenvalue weighted by molar-refractivity contribution is -0.143. The standard InChI is InChI=1S/C32H44F2N4O7/c1-16(2)25(37-30(43)45-31(3,4)5)29(42)38-14-19-24(32(19,6)7)26(38)28(41)36-21(12-17-10-11-35-27(17)40)22(39)15-44-23-9-8-18(33)13-20(23)34/h8-9,13,16-17,19,21,24-26H,10-12,14-15H2,1-7H3,(H,35,40)(H,36,41)(H,37,43)/t17?,19-,21-,24-,25-,26-/m0/s1. The average molecular weight is 635 g/mol. The summed E-state index contributed by atoms with van der Waals surface area (Å²) < 4.78 is 38.2. The van der Waals surface area contributed by atoms with Crippen molar-refractivity contribution in [1.82, 2.24) is 20.9 Å². The Morgan fingerprint density at radius 1 is 1.13 bits per heavy atom. The zero-order valence-corrected chi connectivity index (χ0v) is 26.9. The van der Waals surface area contributed by atoms with E-state index in [2.05, 4.69) is 16.0 Å². The zero-order chi connectivity index (χ0) is 33.4. The fraction of sp³-hybridized carbons (Fsp3) is 0.656. The number of Topliss-reactive ketones (excluding diaryl/α,β-unsaturated/α-hetero) is 1. The molecular formula is C32H44F2N4O7. The van der Waals surface area contributed by atoms with Crippen molar-refractivity contribution in [3.63, 3.8) is 0 Å². The van der Waals surface area contributed by atoms with Gasteiger partial charge in [-0.25, -0.2) is 13.6 Å². The molecule has 1 unspecified atom stereocenters.